The lowest BCUT2D eigenvalue weighted by atomic mass is 9.68. The van der Waals surface area contributed by atoms with Crippen molar-refractivity contribution in [1.29, 1.82) is 0 Å². The van der Waals surface area contributed by atoms with E-state index >= 15 is 0 Å². The Morgan fingerprint density at radius 2 is 1.71 bits per heavy atom. The van der Waals surface area contributed by atoms with E-state index in [1.54, 1.807) is 0 Å². The summed E-state index contributed by atoms with van der Waals surface area (Å²) in [4.78, 5) is 0. The fraction of sp³-hybridized carbons (Fsp3) is 1.00. The Labute approximate surface area is 86.1 Å². The Bertz CT molecular complexity index is 175. The van der Waals surface area contributed by atoms with E-state index in [-0.39, 0.29) is 18.3 Å². The Hall–Kier alpha value is -0.140. The van der Waals surface area contributed by atoms with E-state index < -0.39 is 5.92 Å². The van der Waals surface area contributed by atoms with Gasteiger partial charge in [-0.05, 0) is 30.6 Å². The largest absolute Gasteiger partial charge is 0.248 e. The molecule has 0 unspecified atom stereocenters. The topological polar surface area (TPSA) is 0 Å². The lowest BCUT2D eigenvalue weighted by molar-refractivity contribution is -0.0611. The molecule has 84 valence electrons. The van der Waals surface area contributed by atoms with Crippen molar-refractivity contribution in [3.8, 4) is 0 Å². The molecule has 0 bridgehead atoms. The molecule has 0 heterocycles. The molecule has 0 amide bonds. The summed E-state index contributed by atoms with van der Waals surface area (Å²) < 4.78 is 25.9. The van der Waals surface area contributed by atoms with Crippen LogP contribution in [0, 0.1) is 11.3 Å². The second-order valence-electron chi connectivity index (χ2n) is 5.37. The quantitative estimate of drug-likeness (QED) is 0.628. The third-order valence-corrected chi connectivity index (χ3v) is 3.72. The zero-order valence-corrected chi connectivity index (χ0v) is 9.58. The molecule has 1 rings (SSSR count). The maximum Gasteiger partial charge on any atom is 0.248 e. The second kappa shape index (κ2) is 4.16. The van der Waals surface area contributed by atoms with Gasteiger partial charge in [-0.15, -0.1) is 0 Å². The van der Waals surface area contributed by atoms with Gasteiger partial charge in [0.05, 0.1) is 0 Å². The van der Waals surface area contributed by atoms with E-state index in [9.17, 15) is 8.78 Å². The minimum Gasteiger partial charge on any atom is -0.207 e. The van der Waals surface area contributed by atoms with Gasteiger partial charge in [0.15, 0.2) is 0 Å². The van der Waals surface area contributed by atoms with Gasteiger partial charge in [0, 0.05) is 12.8 Å². The van der Waals surface area contributed by atoms with Gasteiger partial charge in [-0.3, -0.25) is 0 Å². The lowest BCUT2D eigenvalue weighted by Crippen LogP contribution is -2.32. The van der Waals surface area contributed by atoms with E-state index in [0.717, 1.165) is 12.8 Å². The van der Waals surface area contributed by atoms with Crippen LogP contribution in [0.5, 0.6) is 0 Å². The molecule has 0 N–H and O–H groups in total. The zero-order valence-electron chi connectivity index (χ0n) is 9.58. The summed E-state index contributed by atoms with van der Waals surface area (Å²) in [7, 11) is 0. The van der Waals surface area contributed by atoms with Crippen LogP contribution in [0.3, 0.4) is 0 Å². The minimum atomic E-state index is -2.38. The molecular weight excluding hydrogens is 182 g/mol. The van der Waals surface area contributed by atoms with Crippen molar-refractivity contribution in [2.75, 3.05) is 0 Å². The normalized spacial score (nSPS) is 23.8. The van der Waals surface area contributed by atoms with Crippen molar-refractivity contribution in [2.45, 2.75) is 65.2 Å². The van der Waals surface area contributed by atoms with Gasteiger partial charge in [-0.1, -0.05) is 27.2 Å². The van der Waals surface area contributed by atoms with Crippen LogP contribution >= 0.6 is 0 Å². The summed E-state index contributed by atoms with van der Waals surface area (Å²) in [5.74, 6) is -1.87. The van der Waals surface area contributed by atoms with Crippen LogP contribution in [0.4, 0.5) is 8.78 Å². The van der Waals surface area contributed by atoms with Crippen molar-refractivity contribution in [3.05, 3.63) is 0 Å². The molecule has 2 heteroatoms. The maximum absolute atomic E-state index is 13.0. The van der Waals surface area contributed by atoms with Crippen LogP contribution in [0.15, 0.2) is 0 Å². The number of alkyl halides is 2. The molecule has 0 atom stereocenters. The van der Waals surface area contributed by atoms with Crippen LogP contribution < -0.4 is 0 Å². The van der Waals surface area contributed by atoms with Gasteiger partial charge in [0.25, 0.3) is 0 Å². The first kappa shape index (κ1) is 11.9. The average molecular weight is 204 g/mol. The summed E-state index contributed by atoms with van der Waals surface area (Å²) in [6.07, 6.45) is 3.93. The fourth-order valence-corrected chi connectivity index (χ4v) is 2.67. The first-order valence-electron chi connectivity index (χ1n) is 5.75. The van der Waals surface area contributed by atoms with Crippen LogP contribution in [0.2, 0.25) is 0 Å². The lowest BCUT2D eigenvalue weighted by Gasteiger charge is -2.39. The minimum absolute atomic E-state index is 0.102. The highest BCUT2D eigenvalue weighted by Crippen LogP contribution is 2.45. The zero-order chi connectivity index (χ0) is 10.8. The summed E-state index contributed by atoms with van der Waals surface area (Å²) in [6.45, 7) is 6.62. The second-order valence-corrected chi connectivity index (χ2v) is 5.37. The first-order valence-corrected chi connectivity index (χ1v) is 5.75. The van der Waals surface area contributed by atoms with E-state index in [1.807, 2.05) is 0 Å². The van der Waals surface area contributed by atoms with Crippen molar-refractivity contribution >= 4 is 0 Å². The first-order chi connectivity index (χ1) is 6.37. The predicted molar refractivity (Wildman–Crippen MR) is 55.6 cm³/mol. The van der Waals surface area contributed by atoms with Gasteiger partial charge >= 0.3 is 0 Å². The molecule has 1 fully saturated rings. The maximum atomic E-state index is 13.0. The van der Waals surface area contributed by atoms with Gasteiger partial charge in [-0.2, -0.15) is 0 Å². The third kappa shape index (κ3) is 2.93. The predicted octanol–water partition coefficient (Wildman–Crippen LogP) is 4.64. The van der Waals surface area contributed by atoms with E-state index in [2.05, 4.69) is 20.8 Å². The molecule has 0 radical (unpaired) electrons. The highest BCUT2D eigenvalue weighted by atomic mass is 19.3. The Balaban J connectivity index is 2.48. The summed E-state index contributed by atoms with van der Waals surface area (Å²) in [6, 6.07) is 0. The Morgan fingerprint density at radius 3 is 2.14 bits per heavy atom. The fourth-order valence-electron chi connectivity index (χ4n) is 2.67. The van der Waals surface area contributed by atoms with Crippen molar-refractivity contribution in [3.63, 3.8) is 0 Å². The van der Waals surface area contributed by atoms with Crippen LogP contribution in [-0.2, 0) is 0 Å². The third-order valence-electron chi connectivity index (χ3n) is 3.72. The molecular formula is C12H22F2. The van der Waals surface area contributed by atoms with E-state index in [4.69, 9.17) is 0 Å². The SMILES string of the molecule is CCCC(C)(C)C1CCC(F)(F)CC1. The smallest absolute Gasteiger partial charge is 0.207 e. The molecule has 1 aliphatic carbocycles. The summed E-state index contributed by atoms with van der Waals surface area (Å²) in [5, 5.41) is 0. The molecule has 0 nitrogen and oxygen atoms in total. The van der Waals surface area contributed by atoms with Gasteiger partial charge in [0.1, 0.15) is 0 Å². The molecule has 0 aliphatic heterocycles. The average Bonchev–Trinajstić information content (AvgIpc) is 2.03. The van der Waals surface area contributed by atoms with E-state index in [0.29, 0.717) is 18.8 Å². The molecule has 1 saturated carbocycles. The molecule has 0 spiro atoms. The van der Waals surface area contributed by atoms with Crippen molar-refractivity contribution in [1.82, 2.24) is 0 Å². The number of hydrogen-bond acceptors (Lipinski definition) is 0. The van der Waals surface area contributed by atoms with Crippen LogP contribution in [0.1, 0.15) is 59.3 Å². The molecule has 0 aromatic heterocycles. The molecule has 0 aromatic rings. The number of hydrogen-bond donors (Lipinski definition) is 0. The van der Waals surface area contributed by atoms with Crippen LogP contribution in [-0.4, -0.2) is 5.92 Å². The van der Waals surface area contributed by atoms with Crippen LogP contribution in [0.25, 0.3) is 0 Å². The molecule has 14 heavy (non-hydrogen) atoms. The monoisotopic (exact) mass is 204 g/mol. The highest BCUT2D eigenvalue weighted by molar-refractivity contribution is 4.85. The summed E-state index contributed by atoms with van der Waals surface area (Å²) in [5.41, 5.74) is 0.255. The Morgan fingerprint density at radius 1 is 1.21 bits per heavy atom. The van der Waals surface area contributed by atoms with Crippen molar-refractivity contribution < 1.29 is 8.78 Å². The Kier molecular flexibility index (Phi) is 3.54. The standard InChI is InChI=1S/C12H22F2/c1-4-7-11(2,3)10-5-8-12(13,14)9-6-10/h10H,4-9H2,1-3H3. The summed E-state index contributed by atoms with van der Waals surface area (Å²) >= 11 is 0. The number of halogens is 2. The molecule has 0 saturated heterocycles. The number of rotatable bonds is 3. The van der Waals surface area contributed by atoms with Gasteiger partial charge in [0.2, 0.25) is 5.92 Å². The molecule has 0 aromatic carbocycles. The van der Waals surface area contributed by atoms with Gasteiger partial charge in [-0.25, -0.2) is 8.78 Å². The highest BCUT2D eigenvalue weighted by Gasteiger charge is 2.39. The molecule has 1 aliphatic rings. The van der Waals surface area contributed by atoms with Crippen molar-refractivity contribution in [2.24, 2.45) is 11.3 Å². The van der Waals surface area contributed by atoms with E-state index in [1.165, 1.54) is 0 Å². The van der Waals surface area contributed by atoms with Gasteiger partial charge < -0.3 is 0 Å².